The van der Waals surface area contributed by atoms with Gasteiger partial charge in [-0.15, -0.1) is 0 Å². The van der Waals surface area contributed by atoms with Crippen LogP contribution in [0.1, 0.15) is 41.6 Å². The number of aromatic nitrogens is 1. The summed E-state index contributed by atoms with van der Waals surface area (Å²) in [6.07, 6.45) is 8.12. The van der Waals surface area contributed by atoms with Crippen molar-refractivity contribution in [3.8, 4) is 0 Å². The zero-order valence-corrected chi connectivity index (χ0v) is 10.9. The van der Waals surface area contributed by atoms with Crippen molar-refractivity contribution in [1.82, 2.24) is 4.98 Å². The van der Waals surface area contributed by atoms with Crippen LogP contribution < -0.4 is 4.90 Å². The molecule has 0 spiro atoms. The molecule has 1 aliphatic heterocycles. The standard InChI is InChI=1S/C15H20N2O/c1-11-5-14(10-18)7-16-15(11)17-8-12-3-2-4-13(6-12)9-17/h5,7,10,12-13H,2-4,6,8-9H2,1H3. The fourth-order valence-corrected chi connectivity index (χ4v) is 3.59. The summed E-state index contributed by atoms with van der Waals surface area (Å²) in [5.41, 5.74) is 1.80. The summed E-state index contributed by atoms with van der Waals surface area (Å²) < 4.78 is 0. The molecule has 2 aliphatic rings. The van der Waals surface area contributed by atoms with Crippen molar-refractivity contribution in [2.75, 3.05) is 18.0 Å². The van der Waals surface area contributed by atoms with Gasteiger partial charge >= 0.3 is 0 Å². The first-order valence-electron chi connectivity index (χ1n) is 6.93. The molecule has 1 aliphatic carbocycles. The van der Waals surface area contributed by atoms with Gasteiger partial charge in [0.25, 0.3) is 0 Å². The Kier molecular flexibility index (Phi) is 3.06. The lowest BCUT2D eigenvalue weighted by Gasteiger charge is -2.42. The summed E-state index contributed by atoms with van der Waals surface area (Å²) in [7, 11) is 0. The van der Waals surface area contributed by atoms with E-state index < -0.39 is 0 Å². The van der Waals surface area contributed by atoms with Crippen LogP contribution in [-0.2, 0) is 0 Å². The van der Waals surface area contributed by atoms with E-state index in [0.717, 1.165) is 42.6 Å². The molecule has 1 aromatic rings. The minimum atomic E-state index is 0.674. The lowest BCUT2D eigenvalue weighted by Crippen LogP contribution is -2.43. The van der Waals surface area contributed by atoms with E-state index in [4.69, 9.17) is 0 Å². The van der Waals surface area contributed by atoms with Crippen LogP contribution >= 0.6 is 0 Å². The molecule has 2 heterocycles. The number of pyridine rings is 1. The molecule has 1 aromatic heterocycles. The van der Waals surface area contributed by atoms with Gasteiger partial charge in [-0.05, 0) is 49.7 Å². The van der Waals surface area contributed by atoms with E-state index in [2.05, 4.69) is 16.8 Å². The summed E-state index contributed by atoms with van der Waals surface area (Å²) in [5, 5.41) is 0. The SMILES string of the molecule is Cc1cc(C=O)cnc1N1CC2CCCC(C2)C1. The highest BCUT2D eigenvalue weighted by molar-refractivity contribution is 5.75. The lowest BCUT2D eigenvalue weighted by atomic mass is 9.78. The zero-order valence-electron chi connectivity index (χ0n) is 10.9. The van der Waals surface area contributed by atoms with Crippen LogP contribution in [0.3, 0.4) is 0 Å². The summed E-state index contributed by atoms with van der Waals surface area (Å²) >= 11 is 0. The van der Waals surface area contributed by atoms with E-state index in [9.17, 15) is 4.79 Å². The van der Waals surface area contributed by atoms with Gasteiger partial charge in [-0.2, -0.15) is 0 Å². The Morgan fingerprint density at radius 2 is 2.06 bits per heavy atom. The Morgan fingerprint density at radius 3 is 2.67 bits per heavy atom. The van der Waals surface area contributed by atoms with Crippen LogP contribution in [0.2, 0.25) is 0 Å². The highest BCUT2D eigenvalue weighted by Crippen LogP contribution is 2.36. The van der Waals surface area contributed by atoms with Crippen molar-refractivity contribution in [3.05, 3.63) is 23.4 Å². The van der Waals surface area contributed by atoms with Gasteiger partial charge in [-0.3, -0.25) is 4.79 Å². The number of rotatable bonds is 2. The molecule has 0 amide bonds. The van der Waals surface area contributed by atoms with Crippen LogP contribution in [0, 0.1) is 18.8 Å². The Morgan fingerprint density at radius 1 is 1.33 bits per heavy atom. The highest BCUT2D eigenvalue weighted by atomic mass is 16.1. The maximum absolute atomic E-state index is 10.8. The van der Waals surface area contributed by atoms with E-state index >= 15 is 0 Å². The maximum atomic E-state index is 10.8. The summed E-state index contributed by atoms with van der Waals surface area (Å²) in [5.74, 6) is 2.78. The third-order valence-corrected chi connectivity index (χ3v) is 4.36. The molecule has 18 heavy (non-hydrogen) atoms. The molecule has 0 radical (unpaired) electrons. The van der Waals surface area contributed by atoms with Crippen molar-refractivity contribution in [1.29, 1.82) is 0 Å². The first kappa shape index (κ1) is 11.7. The number of anilines is 1. The first-order valence-corrected chi connectivity index (χ1v) is 6.93. The summed E-state index contributed by atoms with van der Waals surface area (Å²) in [4.78, 5) is 17.7. The minimum absolute atomic E-state index is 0.674. The van der Waals surface area contributed by atoms with E-state index in [1.165, 1.54) is 25.7 Å². The van der Waals surface area contributed by atoms with Gasteiger partial charge in [0, 0.05) is 24.8 Å². The first-order chi connectivity index (χ1) is 8.76. The number of carbonyl (C=O) groups is 1. The molecule has 0 aromatic carbocycles. The Balaban J connectivity index is 1.84. The normalized spacial score (nSPS) is 27.1. The molecule has 2 unspecified atom stereocenters. The predicted molar refractivity (Wildman–Crippen MR) is 72.0 cm³/mol. The van der Waals surface area contributed by atoms with Gasteiger partial charge in [0.15, 0.2) is 6.29 Å². The molecule has 3 heteroatoms. The van der Waals surface area contributed by atoms with E-state index in [1.54, 1.807) is 6.20 Å². The largest absolute Gasteiger partial charge is 0.356 e. The van der Waals surface area contributed by atoms with Gasteiger partial charge in [0.05, 0.1) is 0 Å². The van der Waals surface area contributed by atoms with Crippen LogP contribution in [0.5, 0.6) is 0 Å². The molecule has 3 nitrogen and oxygen atoms in total. The van der Waals surface area contributed by atoms with Gasteiger partial charge in [-0.25, -0.2) is 4.98 Å². The second kappa shape index (κ2) is 4.71. The number of aldehydes is 1. The van der Waals surface area contributed by atoms with E-state index in [0.29, 0.717) is 5.56 Å². The van der Waals surface area contributed by atoms with Crippen molar-refractivity contribution in [3.63, 3.8) is 0 Å². The smallest absolute Gasteiger partial charge is 0.151 e. The van der Waals surface area contributed by atoms with Crippen molar-refractivity contribution in [2.24, 2.45) is 11.8 Å². The highest BCUT2D eigenvalue weighted by Gasteiger charge is 2.31. The van der Waals surface area contributed by atoms with E-state index in [-0.39, 0.29) is 0 Å². The molecule has 1 saturated carbocycles. The molecule has 0 N–H and O–H groups in total. The van der Waals surface area contributed by atoms with Gasteiger partial charge in [0.2, 0.25) is 0 Å². The maximum Gasteiger partial charge on any atom is 0.151 e. The molecule has 3 rings (SSSR count). The number of aryl methyl sites for hydroxylation is 1. The molecule has 1 saturated heterocycles. The number of hydrogen-bond donors (Lipinski definition) is 0. The topological polar surface area (TPSA) is 33.2 Å². The van der Waals surface area contributed by atoms with Crippen LogP contribution in [0.25, 0.3) is 0 Å². The average Bonchev–Trinajstić information content (AvgIpc) is 2.38. The third kappa shape index (κ3) is 2.14. The fourth-order valence-electron chi connectivity index (χ4n) is 3.59. The quantitative estimate of drug-likeness (QED) is 0.750. The molecular weight excluding hydrogens is 224 g/mol. The van der Waals surface area contributed by atoms with Crippen molar-refractivity contribution < 1.29 is 4.79 Å². The van der Waals surface area contributed by atoms with Crippen molar-refractivity contribution in [2.45, 2.75) is 32.6 Å². The Hall–Kier alpha value is -1.38. The monoisotopic (exact) mass is 244 g/mol. The van der Waals surface area contributed by atoms with Crippen LogP contribution in [0.15, 0.2) is 12.3 Å². The number of nitrogens with zero attached hydrogens (tertiary/aromatic N) is 2. The summed E-state index contributed by atoms with van der Waals surface area (Å²) in [6.45, 7) is 4.34. The third-order valence-electron chi connectivity index (χ3n) is 4.36. The van der Waals surface area contributed by atoms with Crippen LogP contribution in [-0.4, -0.2) is 24.4 Å². The zero-order chi connectivity index (χ0) is 12.5. The van der Waals surface area contributed by atoms with Gasteiger partial charge in [0.1, 0.15) is 5.82 Å². The fraction of sp³-hybridized carbons (Fsp3) is 0.600. The second-order valence-corrected chi connectivity index (χ2v) is 5.83. The summed E-state index contributed by atoms with van der Waals surface area (Å²) in [6, 6.07) is 1.94. The van der Waals surface area contributed by atoms with Gasteiger partial charge in [-0.1, -0.05) is 6.42 Å². The molecular formula is C15H20N2O. The average molecular weight is 244 g/mol. The molecule has 2 atom stereocenters. The predicted octanol–water partition coefficient (Wildman–Crippen LogP) is 2.83. The van der Waals surface area contributed by atoms with Gasteiger partial charge < -0.3 is 4.90 Å². The van der Waals surface area contributed by atoms with E-state index in [1.807, 2.05) is 6.07 Å². The number of carbonyl (C=O) groups excluding carboxylic acids is 1. The Labute approximate surface area is 108 Å². The van der Waals surface area contributed by atoms with Crippen molar-refractivity contribution >= 4 is 12.1 Å². The van der Waals surface area contributed by atoms with Crippen LogP contribution in [0.4, 0.5) is 5.82 Å². The number of hydrogen-bond acceptors (Lipinski definition) is 3. The number of piperidine rings is 1. The Bertz CT molecular complexity index is 446. The lowest BCUT2D eigenvalue weighted by molar-refractivity contribution is 0.112. The second-order valence-electron chi connectivity index (χ2n) is 5.83. The molecule has 2 fully saturated rings. The minimum Gasteiger partial charge on any atom is -0.356 e. The molecule has 2 bridgehead atoms. The number of fused-ring (bicyclic) bond motifs is 2. The molecule has 96 valence electrons.